The number of aryl methyl sites for hydroxylation is 3. The lowest BCUT2D eigenvalue weighted by molar-refractivity contribution is -0.697. The van der Waals surface area contributed by atoms with Crippen molar-refractivity contribution in [1.82, 2.24) is 0 Å². The first-order valence-electron chi connectivity index (χ1n) is 21.9. The van der Waals surface area contributed by atoms with Gasteiger partial charge < -0.3 is 9.64 Å². The fourth-order valence-electron chi connectivity index (χ4n) is 9.39. The molecule has 1 unspecified atom stereocenters. The summed E-state index contributed by atoms with van der Waals surface area (Å²) in [6.45, 7) is 28.3. The molecule has 2 aliphatic heterocycles. The van der Waals surface area contributed by atoms with E-state index in [4.69, 9.17) is 4.74 Å². The van der Waals surface area contributed by atoms with Crippen molar-refractivity contribution in [3.05, 3.63) is 136 Å². The summed E-state index contributed by atoms with van der Waals surface area (Å²) >= 11 is 0. The maximum Gasteiger partial charge on any atom is 0.209 e. The number of unbranched alkanes of at least 4 members (excludes halogenated alkanes) is 5. The Morgan fingerprint density at radius 3 is 2.12 bits per heavy atom. The van der Waals surface area contributed by atoms with Crippen LogP contribution in [-0.2, 0) is 22.1 Å². The first-order valence-corrected chi connectivity index (χ1v) is 21.9. The van der Waals surface area contributed by atoms with Crippen molar-refractivity contribution >= 4 is 17.1 Å². The predicted molar refractivity (Wildman–Crippen MR) is 237 cm³/mol. The van der Waals surface area contributed by atoms with Crippen LogP contribution in [0.1, 0.15) is 148 Å². The highest BCUT2D eigenvalue weighted by Gasteiger charge is 2.44. The lowest BCUT2D eigenvalue weighted by Gasteiger charge is -2.26. The molecule has 0 saturated heterocycles. The van der Waals surface area contributed by atoms with Crippen molar-refractivity contribution in [3.63, 3.8) is 0 Å². The van der Waals surface area contributed by atoms with Crippen LogP contribution < -0.4 is 9.47 Å². The third-order valence-electron chi connectivity index (χ3n) is 12.7. The number of allylic oxidation sites excluding steroid dienone is 7. The Balaban J connectivity index is 1.36. The summed E-state index contributed by atoms with van der Waals surface area (Å²) in [4.78, 5) is 2.50. The normalized spacial score (nSPS) is 19.3. The molecular weight excluding hydrogens is 683 g/mol. The minimum Gasteiger partial charge on any atom is -0.485 e. The van der Waals surface area contributed by atoms with Gasteiger partial charge in [-0.1, -0.05) is 95.7 Å². The standard InChI is InChI=1S/C52H71N3O/c1-12-15-16-17-18-19-32-53-33-30-42(31-34-53)49(37(4)5)56-50-40(24-28-47-51(8,9)43-35-38(6)20-26-45(43)54(47)13-2)22-23-41(50)25-29-48-52(10,11)44-36-39(7)21-27-46(44)55(48)14-3/h20-21,24-31,33-37,49H,12-19,22-23,32H2,1-11H3/q+2. The van der Waals surface area contributed by atoms with Crippen molar-refractivity contribution in [2.45, 2.75) is 151 Å². The van der Waals surface area contributed by atoms with E-state index in [0.29, 0.717) is 5.92 Å². The van der Waals surface area contributed by atoms with Gasteiger partial charge in [-0.15, -0.1) is 0 Å². The Morgan fingerprint density at radius 2 is 1.45 bits per heavy atom. The van der Waals surface area contributed by atoms with Gasteiger partial charge in [0, 0.05) is 65.2 Å². The van der Waals surface area contributed by atoms with Crippen molar-refractivity contribution in [3.8, 4) is 0 Å². The Labute approximate surface area is 340 Å². The van der Waals surface area contributed by atoms with Gasteiger partial charge in [-0.05, 0) is 108 Å². The van der Waals surface area contributed by atoms with E-state index in [2.05, 4.69) is 175 Å². The van der Waals surface area contributed by atoms with E-state index < -0.39 is 0 Å². The first-order chi connectivity index (χ1) is 26.8. The number of aromatic nitrogens is 1. The SMILES string of the molecule is CCCCCCCC[n+]1ccc(C(OC2=C(/C=C/C3=[N+](CC)c4ccc(C)cc4C3(C)C)CC/C2=C\C=C2\N(CC)c3ccc(C)cc3C2(C)C)C(C)C)cc1. The van der Waals surface area contributed by atoms with Crippen LogP contribution in [0, 0.1) is 19.8 Å². The first kappa shape index (κ1) is 41.5. The van der Waals surface area contributed by atoms with Crippen molar-refractivity contribution in [2.24, 2.45) is 5.92 Å². The fourth-order valence-corrected chi connectivity index (χ4v) is 9.39. The molecule has 298 valence electrons. The van der Waals surface area contributed by atoms with E-state index in [1.807, 2.05) is 0 Å². The Kier molecular flexibility index (Phi) is 13.0. The summed E-state index contributed by atoms with van der Waals surface area (Å²) < 4.78 is 12.2. The van der Waals surface area contributed by atoms with Gasteiger partial charge in [-0.25, -0.2) is 4.57 Å². The van der Waals surface area contributed by atoms with Crippen LogP contribution in [0.25, 0.3) is 0 Å². The molecule has 1 aliphatic carbocycles. The van der Waals surface area contributed by atoms with E-state index in [1.54, 1.807) is 0 Å². The lowest BCUT2D eigenvalue weighted by atomic mass is 9.80. The van der Waals surface area contributed by atoms with Gasteiger partial charge in [0.25, 0.3) is 0 Å². The maximum atomic E-state index is 7.34. The van der Waals surface area contributed by atoms with Gasteiger partial charge in [0.1, 0.15) is 25.0 Å². The number of likely N-dealkylation sites (N-methyl/N-ethyl adjacent to an activating group) is 1. The number of hydrogen-bond acceptors (Lipinski definition) is 2. The molecule has 0 saturated carbocycles. The summed E-state index contributed by atoms with van der Waals surface area (Å²) in [6.07, 6.45) is 23.9. The maximum absolute atomic E-state index is 7.34. The quantitative estimate of drug-likeness (QED) is 0.107. The number of fused-ring (bicyclic) bond motifs is 2. The highest BCUT2D eigenvalue weighted by molar-refractivity contribution is 6.03. The molecule has 0 spiro atoms. The summed E-state index contributed by atoms with van der Waals surface area (Å²) in [6, 6.07) is 18.5. The smallest absolute Gasteiger partial charge is 0.209 e. The molecule has 4 nitrogen and oxygen atoms in total. The van der Waals surface area contributed by atoms with Crippen LogP contribution in [-0.4, -0.2) is 23.4 Å². The zero-order valence-electron chi connectivity index (χ0n) is 36.8. The fraction of sp³-hybridized carbons (Fsp3) is 0.500. The third-order valence-corrected chi connectivity index (χ3v) is 12.7. The van der Waals surface area contributed by atoms with Gasteiger partial charge in [-0.2, -0.15) is 4.58 Å². The number of benzene rings is 2. The summed E-state index contributed by atoms with van der Waals surface area (Å²) in [7, 11) is 0. The van der Waals surface area contributed by atoms with Crippen LogP contribution in [0.2, 0.25) is 0 Å². The number of nitrogens with zero attached hydrogens (tertiary/aromatic N) is 3. The minimum absolute atomic E-state index is 0.0523. The molecule has 2 aromatic carbocycles. The average Bonchev–Trinajstić information content (AvgIpc) is 3.73. The van der Waals surface area contributed by atoms with Crippen LogP contribution in [0.5, 0.6) is 0 Å². The third kappa shape index (κ3) is 8.41. The molecule has 1 aromatic heterocycles. The van der Waals surface area contributed by atoms with E-state index in [-0.39, 0.29) is 16.9 Å². The molecule has 56 heavy (non-hydrogen) atoms. The topological polar surface area (TPSA) is 19.4 Å². The van der Waals surface area contributed by atoms with Crippen LogP contribution in [0.4, 0.5) is 11.4 Å². The number of anilines is 1. The highest BCUT2D eigenvalue weighted by Crippen LogP contribution is 2.48. The molecule has 3 heterocycles. The second-order valence-electron chi connectivity index (χ2n) is 18.0. The van der Waals surface area contributed by atoms with Gasteiger partial charge in [0.15, 0.2) is 18.1 Å². The second-order valence-corrected chi connectivity index (χ2v) is 18.0. The number of rotatable bonds is 16. The lowest BCUT2D eigenvalue weighted by Crippen LogP contribution is -2.33. The van der Waals surface area contributed by atoms with Gasteiger partial charge in [0.2, 0.25) is 5.69 Å². The summed E-state index contributed by atoms with van der Waals surface area (Å²) in [5, 5.41) is 0. The molecule has 4 heteroatoms. The zero-order chi connectivity index (χ0) is 40.2. The van der Waals surface area contributed by atoms with Crippen molar-refractivity contribution in [1.29, 1.82) is 0 Å². The largest absolute Gasteiger partial charge is 0.485 e. The monoisotopic (exact) mass is 754 g/mol. The molecule has 0 bridgehead atoms. The van der Waals surface area contributed by atoms with Crippen LogP contribution in [0.3, 0.4) is 0 Å². The predicted octanol–water partition coefficient (Wildman–Crippen LogP) is 13.0. The van der Waals surface area contributed by atoms with Crippen LogP contribution in [0.15, 0.2) is 108 Å². The molecule has 1 atom stereocenters. The molecule has 3 aliphatic rings. The summed E-state index contributed by atoms with van der Waals surface area (Å²) in [5.74, 6) is 1.36. The van der Waals surface area contributed by atoms with Gasteiger partial charge in [-0.3, -0.25) is 0 Å². The number of pyridine rings is 1. The van der Waals surface area contributed by atoms with E-state index in [0.717, 1.165) is 38.2 Å². The molecule has 0 fully saturated rings. The molecule has 0 N–H and O–H groups in total. The van der Waals surface area contributed by atoms with Gasteiger partial charge in [0.05, 0.1) is 5.41 Å². The molecule has 0 amide bonds. The van der Waals surface area contributed by atoms with Crippen molar-refractivity contribution < 1.29 is 13.9 Å². The van der Waals surface area contributed by atoms with Gasteiger partial charge >= 0.3 is 0 Å². The Morgan fingerprint density at radius 1 is 0.768 bits per heavy atom. The molecule has 3 aromatic rings. The number of hydrogen-bond donors (Lipinski definition) is 0. The van der Waals surface area contributed by atoms with E-state index >= 15 is 0 Å². The van der Waals surface area contributed by atoms with Crippen LogP contribution >= 0.6 is 0 Å². The molecular formula is C52H71N3O+2. The second kappa shape index (κ2) is 17.5. The minimum atomic E-state index is -0.0858. The van der Waals surface area contributed by atoms with E-state index in [1.165, 1.54) is 100 Å². The zero-order valence-corrected chi connectivity index (χ0v) is 36.8. The molecule has 0 radical (unpaired) electrons. The Hall–Kier alpha value is -4.18. The number of ether oxygens (including phenoxy) is 1. The Bertz CT molecular complexity index is 2030. The van der Waals surface area contributed by atoms with E-state index in [9.17, 15) is 0 Å². The van der Waals surface area contributed by atoms with Crippen molar-refractivity contribution in [2.75, 3.05) is 18.0 Å². The highest BCUT2D eigenvalue weighted by atomic mass is 16.5. The summed E-state index contributed by atoms with van der Waals surface area (Å²) in [5.41, 5.74) is 14.5. The average molecular weight is 754 g/mol. The molecule has 6 rings (SSSR count).